The molecule has 0 fully saturated rings. The number of ether oxygens (including phenoxy) is 2. The van der Waals surface area contributed by atoms with Crippen LogP contribution < -0.4 is 10.1 Å². The summed E-state index contributed by atoms with van der Waals surface area (Å²) in [4.78, 5) is 19.8. The summed E-state index contributed by atoms with van der Waals surface area (Å²) in [6.07, 6.45) is 6.21. The van der Waals surface area contributed by atoms with Crippen molar-refractivity contribution in [2.75, 3.05) is 20.2 Å². The number of pyridine rings is 2. The Morgan fingerprint density at radius 3 is 2.94 bits per heavy atom. The lowest BCUT2D eigenvalue weighted by atomic mass is 9.97. The molecule has 2 aromatic heterocycles. The summed E-state index contributed by atoms with van der Waals surface area (Å²) in [6.45, 7) is 1.10. The fourth-order valence-electron chi connectivity index (χ4n) is 3.67. The molecule has 3 heterocycles. The standard InChI is InChI=1S/C24H25N3O4/c1-30-24(29)21-12-17(8-10-27-21)16-5-7-23-18(11-16)4-6-20(31-23)14-26-15-22(28)19-3-2-9-25-13-19/h2-3,5,7-13,20,22,26,28H,4,6,14-15H2,1H3/t20-,22+/m1/s1. The van der Waals surface area contributed by atoms with Crippen LogP contribution in [-0.4, -0.2) is 47.3 Å². The van der Waals surface area contributed by atoms with E-state index in [-0.39, 0.29) is 11.8 Å². The van der Waals surface area contributed by atoms with E-state index >= 15 is 0 Å². The van der Waals surface area contributed by atoms with Crippen LogP contribution in [0.2, 0.25) is 0 Å². The second kappa shape index (κ2) is 9.68. The molecule has 1 aliphatic rings. The summed E-state index contributed by atoms with van der Waals surface area (Å²) >= 11 is 0. The number of carbonyl (C=O) groups excluding carboxylic acids is 1. The number of aliphatic hydroxyl groups excluding tert-OH is 1. The zero-order valence-electron chi connectivity index (χ0n) is 17.3. The number of aromatic nitrogens is 2. The number of hydrogen-bond donors (Lipinski definition) is 2. The van der Waals surface area contributed by atoms with Crippen LogP contribution in [0.5, 0.6) is 5.75 Å². The number of carbonyl (C=O) groups is 1. The minimum absolute atomic E-state index is 0.0475. The van der Waals surface area contributed by atoms with E-state index in [4.69, 9.17) is 9.47 Å². The quantitative estimate of drug-likeness (QED) is 0.569. The summed E-state index contributed by atoms with van der Waals surface area (Å²) < 4.78 is 10.9. The Labute approximate surface area is 181 Å². The van der Waals surface area contributed by atoms with Gasteiger partial charge in [0.15, 0.2) is 0 Å². The minimum Gasteiger partial charge on any atom is -0.489 e. The van der Waals surface area contributed by atoms with Crippen LogP contribution in [0.4, 0.5) is 0 Å². The van der Waals surface area contributed by atoms with E-state index in [1.807, 2.05) is 30.3 Å². The molecule has 0 spiro atoms. The maximum absolute atomic E-state index is 11.7. The van der Waals surface area contributed by atoms with Crippen LogP contribution in [-0.2, 0) is 11.2 Å². The molecule has 0 saturated heterocycles. The Balaban J connectivity index is 1.36. The number of methoxy groups -OCH3 is 1. The first-order valence-electron chi connectivity index (χ1n) is 10.3. The zero-order chi connectivity index (χ0) is 21.6. The van der Waals surface area contributed by atoms with Crippen molar-refractivity contribution in [3.63, 3.8) is 0 Å². The molecule has 31 heavy (non-hydrogen) atoms. The van der Waals surface area contributed by atoms with E-state index < -0.39 is 12.1 Å². The first kappa shape index (κ1) is 21.0. The number of fused-ring (bicyclic) bond motifs is 1. The van der Waals surface area contributed by atoms with Gasteiger partial charge in [0.05, 0.1) is 13.2 Å². The van der Waals surface area contributed by atoms with Gasteiger partial charge in [-0.15, -0.1) is 0 Å². The van der Waals surface area contributed by atoms with E-state index in [1.54, 1.807) is 24.7 Å². The summed E-state index contributed by atoms with van der Waals surface area (Å²) in [5.41, 5.74) is 4.13. The fourth-order valence-corrected chi connectivity index (χ4v) is 3.67. The average molecular weight is 419 g/mol. The molecular formula is C24H25N3O4. The first-order chi connectivity index (χ1) is 15.1. The molecule has 0 unspecified atom stereocenters. The van der Waals surface area contributed by atoms with Crippen LogP contribution in [0.1, 0.15) is 34.1 Å². The van der Waals surface area contributed by atoms with Gasteiger partial charge in [-0.05, 0) is 59.9 Å². The van der Waals surface area contributed by atoms with Crippen molar-refractivity contribution in [2.24, 2.45) is 0 Å². The van der Waals surface area contributed by atoms with Crippen LogP contribution in [0.15, 0.2) is 61.1 Å². The predicted octanol–water partition coefficient (Wildman–Crippen LogP) is 2.95. The van der Waals surface area contributed by atoms with Gasteiger partial charge in [-0.25, -0.2) is 9.78 Å². The van der Waals surface area contributed by atoms with Crippen molar-refractivity contribution in [3.05, 3.63) is 77.9 Å². The third kappa shape index (κ3) is 5.07. The lowest BCUT2D eigenvalue weighted by molar-refractivity contribution is 0.0594. The van der Waals surface area contributed by atoms with E-state index in [1.165, 1.54) is 7.11 Å². The summed E-state index contributed by atoms with van der Waals surface area (Å²) in [5.74, 6) is 0.420. The summed E-state index contributed by atoms with van der Waals surface area (Å²) in [6, 6.07) is 13.3. The van der Waals surface area contributed by atoms with Gasteiger partial charge in [0.2, 0.25) is 0 Å². The Bertz CT molecular complexity index is 1040. The number of esters is 1. The van der Waals surface area contributed by atoms with Gasteiger partial charge >= 0.3 is 5.97 Å². The third-order valence-electron chi connectivity index (χ3n) is 5.36. The molecule has 7 heteroatoms. The van der Waals surface area contributed by atoms with Gasteiger partial charge in [-0.1, -0.05) is 12.1 Å². The third-order valence-corrected chi connectivity index (χ3v) is 5.36. The average Bonchev–Trinajstić information content (AvgIpc) is 2.83. The molecular weight excluding hydrogens is 394 g/mol. The number of benzene rings is 1. The fraction of sp³-hybridized carbons (Fsp3) is 0.292. The van der Waals surface area contributed by atoms with Gasteiger partial charge in [-0.2, -0.15) is 0 Å². The molecule has 0 radical (unpaired) electrons. The molecule has 2 N–H and O–H groups in total. The van der Waals surface area contributed by atoms with Crippen LogP contribution in [0, 0.1) is 0 Å². The number of rotatable bonds is 7. The number of nitrogens with one attached hydrogen (secondary N) is 1. The van der Waals surface area contributed by atoms with Gasteiger partial charge < -0.3 is 19.9 Å². The molecule has 0 saturated carbocycles. The first-order valence-corrected chi connectivity index (χ1v) is 10.3. The molecule has 0 bridgehead atoms. The normalized spacial score (nSPS) is 16.1. The highest BCUT2D eigenvalue weighted by atomic mass is 16.5. The maximum Gasteiger partial charge on any atom is 0.356 e. The Morgan fingerprint density at radius 2 is 2.13 bits per heavy atom. The van der Waals surface area contributed by atoms with Crippen LogP contribution in [0.3, 0.4) is 0 Å². The van der Waals surface area contributed by atoms with Gasteiger partial charge in [0, 0.05) is 37.2 Å². The zero-order valence-corrected chi connectivity index (χ0v) is 17.3. The second-order valence-corrected chi connectivity index (χ2v) is 7.48. The van der Waals surface area contributed by atoms with Gasteiger partial charge in [0.25, 0.3) is 0 Å². The SMILES string of the molecule is COC(=O)c1cc(-c2ccc3c(c2)CC[C@H](CNC[C@H](O)c2cccnc2)O3)ccn1. The summed E-state index contributed by atoms with van der Waals surface area (Å²) in [7, 11) is 1.35. The molecule has 2 atom stereocenters. The Morgan fingerprint density at radius 1 is 1.26 bits per heavy atom. The molecule has 7 nitrogen and oxygen atoms in total. The summed E-state index contributed by atoms with van der Waals surface area (Å²) in [5, 5.41) is 13.5. The highest BCUT2D eigenvalue weighted by Gasteiger charge is 2.21. The molecule has 1 aromatic carbocycles. The predicted molar refractivity (Wildman–Crippen MR) is 116 cm³/mol. The highest BCUT2D eigenvalue weighted by Crippen LogP contribution is 2.32. The van der Waals surface area contributed by atoms with E-state index in [0.29, 0.717) is 13.1 Å². The van der Waals surface area contributed by atoms with E-state index in [2.05, 4.69) is 21.4 Å². The monoisotopic (exact) mass is 419 g/mol. The largest absolute Gasteiger partial charge is 0.489 e. The second-order valence-electron chi connectivity index (χ2n) is 7.48. The topological polar surface area (TPSA) is 93.6 Å². The van der Waals surface area contributed by atoms with Crippen molar-refractivity contribution >= 4 is 5.97 Å². The molecule has 1 aliphatic heterocycles. The molecule has 0 amide bonds. The minimum atomic E-state index is -0.595. The molecule has 3 aromatic rings. The Kier molecular flexibility index (Phi) is 6.54. The Hall–Kier alpha value is -3.29. The van der Waals surface area contributed by atoms with Crippen LogP contribution >= 0.6 is 0 Å². The molecule has 0 aliphatic carbocycles. The number of nitrogens with zero attached hydrogens (tertiary/aromatic N) is 2. The lowest BCUT2D eigenvalue weighted by Gasteiger charge is -2.27. The molecule has 160 valence electrons. The van der Waals surface area contributed by atoms with Crippen molar-refractivity contribution in [3.8, 4) is 16.9 Å². The van der Waals surface area contributed by atoms with E-state index in [0.717, 1.165) is 40.8 Å². The van der Waals surface area contributed by atoms with Gasteiger partial charge in [-0.3, -0.25) is 4.98 Å². The maximum atomic E-state index is 11.7. The van der Waals surface area contributed by atoms with Crippen molar-refractivity contribution in [2.45, 2.75) is 25.0 Å². The smallest absolute Gasteiger partial charge is 0.356 e. The van der Waals surface area contributed by atoms with Crippen molar-refractivity contribution in [1.82, 2.24) is 15.3 Å². The number of aliphatic hydroxyl groups is 1. The lowest BCUT2D eigenvalue weighted by Crippen LogP contribution is -2.36. The van der Waals surface area contributed by atoms with E-state index in [9.17, 15) is 9.90 Å². The van der Waals surface area contributed by atoms with Gasteiger partial charge in [0.1, 0.15) is 17.5 Å². The van der Waals surface area contributed by atoms with Crippen molar-refractivity contribution < 1.29 is 19.4 Å². The van der Waals surface area contributed by atoms with Crippen LogP contribution in [0.25, 0.3) is 11.1 Å². The van der Waals surface area contributed by atoms with Crippen molar-refractivity contribution in [1.29, 1.82) is 0 Å². The number of aryl methyl sites for hydroxylation is 1. The number of hydrogen-bond acceptors (Lipinski definition) is 7. The molecule has 4 rings (SSSR count). The highest BCUT2D eigenvalue weighted by molar-refractivity contribution is 5.88.